The summed E-state index contributed by atoms with van der Waals surface area (Å²) in [5, 5.41) is 7.36. The molecule has 4 rings (SSSR count). The third-order valence-electron chi connectivity index (χ3n) is 5.00. The van der Waals surface area contributed by atoms with Crippen molar-refractivity contribution in [2.45, 2.75) is 25.8 Å². The van der Waals surface area contributed by atoms with Crippen molar-refractivity contribution < 1.29 is 0 Å². The van der Waals surface area contributed by atoms with Crippen molar-refractivity contribution in [3.63, 3.8) is 0 Å². The third-order valence-corrected chi connectivity index (χ3v) is 5.00. The first-order valence-electron chi connectivity index (χ1n) is 8.61. The average molecular weight is 318 g/mol. The number of H-pyrrole nitrogens is 1. The van der Waals surface area contributed by atoms with Crippen molar-refractivity contribution in [1.82, 2.24) is 20.1 Å². The molecule has 1 fully saturated rings. The van der Waals surface area contributed by atoms with Crippen molar-refractivity contribution in [2.24, 2.45) is 0 Å². The fourth-order valence-corrected chi connectivity index (χ4v) is 3.52. The highest BCUT2D eigenvalue weighted by Gasteiger charge is 2.19. The lowest BCUT2D eigenvalue weighted by atomic mass is 9.99. The number of benzene rings is 1. The Hall–Kier alpha value is -2.46. The van der Waals surface area contributed by atoms with Crippen molar-refractivity contribution in [1.29, 1.82) is 0 Å². The lowest BCUT2D eigenvalue weighted by Gasteiger charge is -2.24. The summed E-state index contributed by atoms with van der Waals surface area (Å²) >= 11 is 0. The van der Waals surface area contributed by atoms with E-state index in [1.54, 1.807) is 12.4 Å². The molecule has 1 atom stereocenters. The summed E-state index contributed by atoms with van der Waals surface area (Å²) in [4.78, 5) is 6.65. The largest absolute Gasteiger partial charge is 0.297 e. The van der Waals surface area contributed by atoms with Crippen LogP contribution < -0.4 is 0 Å². The molecule has 0 radical (unpaired) electrons. The maximum absolute atomic E-state index is 4.24. The Bertz CT molecular complexity index is 786. The van der Waals surface area contributed by atoms with E-state index in [0.29, 0.717) is 6.04 Å². The van der Waals surface area contributed by atoms with Gasteiger partial charge in [0.25, 0.3) is 0 Å². The van der Waals surface area contributed by atoms with Crippen LogP contribution in [0.2, 0.25) is 0 Å². The van der Waals surface area contributed by atoms with E-state index in [0.717, 1.165) is 16.8 Å². The van der Waals surface area contributed by atoms with E-state index in [1.807, 2.05) is 18.3 Å². The molecule has 1 aliphatic heterocycles. The van der Waals surface area contributed by atoms with E-state index >= 15 is 0 Å². The van der Waals surface area contributed by atoms with Gasteiger partial charge in [-0.15, -0.1) is 0 Å². The minimum Gasteiger partial charge on any atom is -0.297 e. The minimum absolute atomic E-state index is 0.491. The lowest BCUT2D eigenvalue weighted by Crippen LogP contribution is -2.23. The predicted molar refractivity (Wildman–Crippen MR) is 96.5 cm³/mol. The van der Waals surface area contributed by atoms with Crippen molar-refractivity contribution in [3.05, 3.63) is 60.6 Å². The molecule has 122 valence electrons. The normalized spacial score (nSPS) is 16.4. The molecule has 3 aromatic rings. The van der Waals surface area contributed by atoms with Crippen LogP contribution in [0.1, 0.15) is 31.4 Å². The number of nitrogens with one attached hydrogen (secondary N) is 1. The SMILES string of the molecule is C[C@H](c1ccc(-c2cn[nH]c2-c2ccncc2)cc1)N1CCCC1. The third kappa shape index (κ3) is 2.85. The summed E-state index contributed by atoms with van der Waals surface area (Å²) in [6, 6.07) is 13.4. The minimum atomic E-state index is 0.491. The summed E-state index contributed by atoms with van der Waals surface area (Å²) in [5.74, 6) is 0. The van der Waals surface area contributed by atoms with Gasteiger partial charge in [-0.05, 0) is 56.1 Å². The summed E-state index contributed by atoms with van der Waals surface area (Å²) in [6.45, 7) is 4.74. The Morgan fingerprint density at radius 1 is 0.958 bits per heavy atom. The first-order valence-corrected chi connectivity index (χ1v) is 8.61. The zero-order valence-electron chi connectivity index (χ0n) is 13.9. The molecule has 0 spiro atoms. The summed E-state index contributed by atoms with van der Waals surface area (Å²) < 4.78 is 0. The molecule has 3 heterocycles. The van der Waals surface area contributed by atoms with Crippen LogP contribution in [0.5, 0.6) is 0 Å². The van der Waals surface area contributed by atoms with Crippen LogP contribution in [-0.2, 0) is 0 Å². The molecule has 0 saturated carbocycles. The molecule has 24 heavy (non-hydrogen) atoms. The van der Waals surface area contributed by atoms with E-state index in [2.05, 4.69) is 51.3 Å². The highest BCUT2D eigenvalue weighted by molar-refractivity contribution is 5.80. The van der Waals surface area contributed by atoms with Gasteiger partial charge in [-0.25, -0.2) is 0 Å². The topological polar surface area (TPSA) is 44.8 Å². The van der Waals surface area contributed by atoms with Gasteiger partial charge in [-0.2, -0.15) is 5.10 Å². The van der Waals surface area contributed by atoms with E-state index in [9.17, 15) is 0 Å². The molecule has 0 aliphatic carbocycles. The van der Waals surface area contributed by atoms with Crippen LogP contribution in [0, 0.1) is 0 Å². The number of nitrogens with zero attached hydrogens (tertiary/aromatic N) is 3. The molecule has 1 aromatic carbocycles. The van der Waals surface area contributed by atoms with E-state index in [1.165, 1.54) is 37.1 Å². The molecular formula is C20H22N4. The van der Waals surface area contributed by atoms with Gasteiger partial charge in [0.2, 0.25) is 0 Å². The molecule has 1 N–H and O–H groups in total. The highest BCUT2D eigenvalue weighted by Crippen LogP contribution is 2.31. The van der Waals surface area contributed by atoms with Gasteiger partial charge < -0.3 is 0 Å². The lowest BCUT2D eigenvalue weighted by molar-refractivity contribution is 0.263. The number of aromatic nitrogens is 3. The second kappa shape index (κ2) is 6.57. The summed E-state index contributed by atoms with van der Waals surface area (Å²) in [7, 11) is 0. The van der Waals surface area contributed by atoms with Crippen molar-refractivity contribution in [3.8, 4) is 22.4 Å². The van der Waals surface area contributed by atoms with E-state index in [4.69, 9.17) is 0 Å². The van der Waals surface area contributed by atoms with E-state index in [-0.39, 0.29) is 0 Å². The molecule has 0 amide bonds. The van der Waals surface area contributed by atoms with Crippen LogP contribution in [0.4, 0.5) is 0 Å². The number of pyridine rings is 1. The fourth-order valence-electron chi connectivity index (χ4n) is 3.52. The number of rotatable bonds is 4. The standard InChI is InChI=1S/C20H22N4/c1-15(24-12-2-3-13-24)16-4-6-17(7-5-16)19-14-22-23-20(19)18-8-10-21-11-9-18/h4-11,14-15H,2-3,12-13H2,1H3,(H,22,23)/t15-/m1/s1. The maximum atomic E-state index is 4.24. The Labute approximate surface area is 142 Å². The number of likely N-dealkylation sites (tertiary alicyclic amines) is 1. The molecule has 1 aliphatic rings. The van der Waals surface area contributed by atoms with Gasteiger partial charge in [-0.3, -0.25) is 15.0 Å². The number of hydrogen-bond donors (Lipinski definition) is 1. The number of aromatic amines is 1. The molecular weight excluding hydrogens is 296 g/mol. The molecule has 4 heteroatoms. The molecule has 0 unspecified atom stereocenters. The van der Waals surface area contributed by atoms with Crippen molar-refractivity contribution in [2.75, 3.05) is 13.1 Å². The Balaban J connectivity index is 1.61. The smallest absolute Gasteiger partial charge is 0.0729 e. The maximum Gasteiger partial charge on any atom is 0.0729 e. The van der Waals surface area contributed by atoms with Crippen LogP contribution in [0.15, 0.2) is 55.0 Å². The van der Waals surface area contributed by atoms with Crippen LogP contribution in [0.25, 0.3) is 22.4 Å². The van der Waals surface area contributed by atoms with Gasteiger partial charge >= 0.3 is 0 Å². The molecule has 1 saturated heterocycles. The van der Waals surface area contributed by atoms with Crippen LogP contribution in [-0.4, -0.2) is 33.2 Å². The van der Waals surface area contributed by atoms with Crippen LogP contribution in [0.3, 0.4) is 0 Å². The van der Waals surface area contributed by atoms with Gasteiger partial charge in [0.1, 0.15) is 0 Å². The second-order valence-corrected chi connectivity index (χ2v) is 6.44. The average Bonchev–Trinajstić information content (AvgIpc) is 3.34. The Morgan fingerprint density at radius 2 is 1.67 bits per heavy atom. The van der Waals surface area contributed by atoms with Gasteiger partial charge in [0.15, 0.2) is 0 Å². The number of hydrogen-bond acceptors (Lipinski definition) is 3. The summed E-state index contributed by atoms with van der Waals surface area (Å²) in [5.41, 5.74) is 5.84. The first kappa shape index (κ1) is 15.1. The quantitative estimate of drug-likeness (QED) is 0.780. The molecule has 2 aromatic heterocycles. The van der Waals surface area contributed by atoms with Gasteiger partial charge in [-0.1, -0.05) is 24.3 Å². The Kier molecular flexibility index (Phi) is 4.13. The van der Waals surface area contributed by atoms with Crippen molar-refractivity contribution >= 4 is 0 Å². The van der Waals surface area contributed by atoms with E-state index < -0.39 is 0 Å². The first-order chi connectivity index (χ1) is 11.8. The van der Waals surface area contributed by atoms with Gasteiger partial charge in [0.05, 0.1) is 11.9 Å². The second-order valence-electron chi connectivity index (χ2n) is 6.44. The molecule has 0 bridgehead atoms. The van der Waals surface area contributed by atoms with Gasteiger partial charge in [0, 0.05) is 29.6 Å². The zero-order valence-corrected chi connectivity index (χ0v) is 13.9. The highest BCUT2D eigenvalue weighted by atomic mass is 15.2. The van der Waals surface area contributed by atoms with Crippen LogP contribution >= 0.6 is 0 Å². The monoisotopic (exact) mass is 318 g/mol. The fraction of sp³-hybridized carbons (Fsp3) is 0.300. The zero-order chi connectivity index (χ0) is 16.4. The molecule has 4 nitrogen and oxygen atoms in total. The summed E-state index contributed by atoms with van der Waals surface area (Å²) in [6.07, 6.45) is 8.16. The predicted octanol–water partition coefficient (Wildman–Crippen LogP) is 4.30. The Morgan fingerprint density at radius 3 is 2.38 bits per heavy atom.